The van der Waals surface area contributed by atoms with E-state index in [0.717, 1.165) is 19.3 Å². The van der Waals surface area contributed by atoms with Gasteiger partial charge in [0.15, 0.2) is 0 Å². The minimum Gasteiger partial charge on any atom is -0.352 e. The molecule has 0 spiro atoms. The topological polar surface area (TPSA) is 75.3 Å². The molecule has 0 atom stereocenters. The highest BCUT2D eigenvalue weighted by Gasteiger charge is 2.08. The van der Waals surface area contributed by atoms with Crippen molar-refractivity contribution in [3.8, 4) is 0 Å². The summed E-state index contributed by atoms with van der Waals surface area (Å²) >= 11 is 0. The quantitative estimate of drug-likeness (QED) is 0.723. The number of benzene rings is 1. The highest BCUT2D eigenvalue weighted by atomic mass is 32.2. The fourth-order valence-electron chi connectivity index (χ4n) is 1.62. The predicted molar refractivity (Wildman–Crippen MR) is 81.4 cm³/mol. The smallest absolute Gasteiger partial charge is 0.251 e. The molecule has 0 aliphatic carbocycles. The molecule has 0 saturated carbocycles. The van der Waals surface area contributed by atoms with Gasteiger partial charge in [0.2, 0.25) is 10.0 Å². The Bertz CT molecular complexity index is 524. The first-order chi connectivity index (χ1) is 9.48. The Balaban J connectivity index is 2.55. The van der Waals surface area contributed by atoms with Gasteiger partial charge in [-0.3, -0.25) is 9.52 Å². The molecule has 0 aliphatic heterocycles. The maximum Gasteiger partial charge on any atom is 0.251 e. The zero-order valence-corrected chi connectivity index (χ0v) is 12.8. The van der Waals surface area contributed by atoms with E-state index in [1.807, 2.05) is 0 Å². The number of nitrogens with one attached hydrogen (secondary N) is 2. The molecule has 0 aromatic heterocycles. The minimum absolute atomic E-state index is 0.0205. The third-order valence-corrected chi connectivity index (χ3v) is 4.17. The molecule has 6 heteroatoms. The van der Waals surface area contributed by atoms with E-state index in [1.54, 1.807) is 31.2 Å². The Morgan fingerprint density at radius 3 is 2.30 bits per heavy atom. The number of amides is 1. The first kappa shape index (κ1) is 16.5. The molecule has 1 aromatic rings. The molecule has 20 heavy (non-hydrogen) atoms. The van der Waals surface area contributed by atoms with Gasteiger partial charge in [0, 0.05) is 17.8 Å². The van der Waals surface area contributed by atoms with E-state index in [1.165, 1.54) is 0 Å². The van der Waals surface area contributed by atoms with Crippen LogP contribution in [0.25, 0.3) is 0 Å². The van der Waals surface area contributed by atoms with Crippen LogP contribution in [-0.2, 0) is 10.0 Å². The number of unbranched alkanes of at least 4 members (excludes halogenated alkanes) is 2. The van der Waals surface area contributed by atoms with Crippen LogP contribution in [0.2, 0.25) is 0 Å². The summed E-state index contributed by atoms with van der Waals surface area (Å²) in [6, 6.07) is 6.41. The summed E-state index contributed by atoms with van der Waals surface area (Å²) in [5, 5.41) is 2.84. The number of hydrogen-bond donors (Lipinski definition) is 2. The lowest BCUT2D eigenvalue weighted by atomic mass is 10.2. The lowest BCUT2D eigenvalue weighted by Crippen LogP contribution is -2.24. The van der Waals surface area contributed by atoms with Crippen molar-refractivity contribution >= 4 is 21.6 Å². The van der Waals surface area contributed by atoms with E-state index in [2.05, 4.69) is 17.0 Å². The van der Waals surface area contributed by atoms with Gasteiger partial charge in [-0.15, -0.1) is 0 Å². The Morgan fingerprint density at radius 2 is 1.75 bits per heavy atom. The molecule has 0 saturated heterocycles. The van der Waals surface area contributed by atoms with Crippen molar-refractivity contribution in [1.82, 2.24) is 5.32 Å². The van der Waals surface area contributed by atoms with Crippen molar-refractivity contribution in [1.29, 1.82) is 0 Å². The first-order valence-electron chi connectivity index (χ1n) is 6.87. The van der Waals surface area contributed by atoms with Gasteiger partial charge in [-0.2, -0.15) is 0 Å². The van der Waals surface area contributed by atoms with Gasteiger partial charge in [0.1, 0.15) is 0 Å². The second-order valence-corrected chi connectivity index (χ2v) is 6.56. The summed E-state index contributed by atoms with van der Waals surface area (Å²) < 4.78 is 25.2. The highest BCUT2D eigenvalue weighted by Crippen LogP contribution is 2.11. The van der Waals surface area contributed by atoms with Crippen LogP contribution in [0.5, 0.6) is 0 Å². The second kappa shape index (κ2) is 7.89. The normalized spacial score (nSPS) is 11.1. The summed E-state index contributed by atoms with van der Waals surface area (Å²) in [6.07, 6.45) is 3.18. The van der Waals surface area contributed by atoms with Gasteiger partial charge >= 0.3 is 0 Å². The van der Waals surface area contributed by atoms with E-state index in [0.29, 0.717) is 17.8 Å². The lowest BCUT2D eigenvalue weighted by Gasteiger charge is -2.08. The summed E-state index contributed by atoms with van der Waals surface area (Å²) in [7, 11) is -3.28. The fourth-order valence-corrected chi connectivity index (χ4v) is 2.26. The van der Waals surface area contributed by atoms with Gasteiger partial charge in [-0.1, -0.05) is 19.8 Å². The molecular formula is C14H22N2O3S. The average molecular weight is 298 g/mol. The molecule has 0 bridgehead atoms. The van der Waals surface area contributed by atoms with Crippen LogP contribution in [0.15, 0.2) is 24.3 Å². The maximum atomic E-state index is 11.8. The molecular weight excluding hydrogens is 276 g/mol. The van der Waals surface area contributed by atoms with Crippen molar-refractivity contribution in [2.75, 3.05) is 17.0 Å². The largest absolute Gasteiger partial charge is 0.352 e. The molecule has 0 unspecified atom stereocenters. The summed E-state index contributed by atoms with van der Waals surface area (Å²) in [5.41, 5.74) is 0.996. The monoisotopic (exact) mass is 298 g/mol. The number of carbonyl (C=O) groups is 1. The van der Waals surface area contributed by atoms with Crippen molar-refractivity contribution in [3.05, 3.63) is 29.8 Å². The lowest BCUT2D eigenvalue weighted by molar-refractivity contribution is 0.0953. The number of hydrogen-bond acceptors (Lipinski definition) is 3. The molecule has 2 N–H and O–H groups in total. The Labute approximate surface area is 120 Å². The molecule has 0 aliphatic rings. The van der Waals surface area contributed by atoms with Crippen LogP contribution >= 0.6 is 0 Å². The van der Waals surface area contributed by atoms with Gasteiger partial charge in [-0.25, -0.2) is 8.42 Å². The van der Waals surface area contributed by atoms with E-state index >= 15 is 0 Å². The van der Waals surface area contributed by atoms with Crippen molar-refractivity contribution < 1.29 is 13.2 Å². The van der Waals surface area contributed by atoms with E-state index in [-0.39, 0.29) is 11.7 Å². The molecule has 0 radical (unpaired) electrons. The number of carbonyl (C=O) groups excluding carboxylic acids is 1. The fraction of sp³-hybridized carbons (Fsp3) is 0.500. The molecule has 1 rings (SSSR count). The highest BCUT2D eigenvalue weighted by molar-refractivity contribution is 7.92. The summed E-state index contributed by atoms with van der Waals surface area (Å²) in [5.74, 6) is -0.113. The second-order valence-electron chi connectivity index (χ2n) is 4.55. The SMILES string of the molecule is CCCCCNC(=O)c1ccc(NS(=O)(=O)CC)cc1. The van der Waals surface area contributed by atoms with Crippen LogP contribution in [0.4, 0.5) is 5.69 Å². The van der Waals surface area contributed by atoms with Crippen LogP contribution < -0.4 is 10.0 Å². The third-order valence-electron chi connectivity index (χ3n) is 2.87. The standard InChI is InChI=1S/C14H22N2O3S/c1-3-5-6-11-15-14(17)12-7-9-13(10-8-12)16-20(18,19)4-2/h7-10,16H,3-6,11H2,1-2H3,(H,15,17). The minimum atomic E-state index is -3.28. The van der Waals surface area contributed by atoms with Gasteiger partial charge in [0.05, 0.1) is 5.75 Å². The molecule has 1 aromatic carbocycles. The molecule has 112 valence electrons. The van der Waals surface area contributed by atoms with Gasteiger partial charge < -0.3 is 5.32 Å². The van der Waals surface area contributed by atoms with Crippen LogP contribution in [0.3, 0.4) is 0 Å². The molecule has 0 fully saturated rings. The van der Waals surface area contributed by atoms with Crippen LogP contribution in [-0.4, -0.2) is 26.6 Å². The zero-order valence-electron chi connectivity index (χ0n) is 12.0. The van der Waals surface area contributed by atoms with Gasteiger partial charge in [0.25, 0.3) is 5.91 Å². The molecule has 0 heterocycles. The summed E-state index contributed by atoms with van der Waals surface area (Å²) in [4.78, 5) is 11.8. The number of rotatable bonds is 8. The maximum absolute atomic E-state index is 11.8. The predicted octanol–water partition coefficient (Wildman–Crippen LogP) is 2.37. The van der Waals surface area contributed by atoms with Gasteiger partial charge in [-0.05, 0) is 37.6 Å². The third kappa shape index (κ3) is 5.61. The Morgan fingerprint density at radius 1 is 1.10 bits per heavy atom. The Hall–Kier alpha value is -1.56. The van der Waals surface area contributed by atoms with Crippen LogP contribution in [0.1, 0.15) is 43.5 Å². The van der Waals surface area contributed by atoms with Crippen molar-refractivity contribution in [3.63, 3.8) is 0 Å². The molecule has 5 nitrogen and oxygen atoms in total. The number of anilines is 1. The number of sulfonamides is 1. The Kier molecular flexibility index (Phi) is 6.51. The van der Waals surface area contributed by atoms with E-state index in [9.17, 15) is 13.2 Å². The van der Waals surface area contributed by atoms with Crippen molar-refractivity contribution in [2.24, 2.45) is 0 Å². The van der Waals surface area contributed by atoms with Crippen LogP contribution in [0, 0.1) is 0 Å². The molecule has 1 amide bonds. The van der Waals surface area contributed by atoms with Crippen molar-refractivity contribution in [2.45, 2.75) is 33.1 Å². The van der Waals surface area contributed by atoms with E-state index < -0.39 is 10.0 Å². The average Bonchev–Trinajstić information content (AvgIpc) is 2.44. The first-order valence-corrected chi connectivity index (χ1v) is 8.52. The van der Waals surface area contributed by atoms with E-state index in [4.69, 9.17) is 0 Å². The zero-order chi connectivity index (χ0) is 15.0. The summed E-state index contributed by atoms with van der Waals surface area (Å²) in [6.45, 7) is 4.34.